The summed E-state index contributed by atoms with van der Waals surface area (Å²) in [6.45, 7) is 2.15. The summed E-state index contributed by atoms with van der Waals surface area (Å²) in [5.41, 5.74) is 3.88. The van der Waals surface area contributed by atoms with Gasteiger partial charge < -0.3 is 4.74 Å². The standard InChI is InChI=1S/C26H27FO2/c1-26-12-11-21-20-10-8-19(29-2)14-16(20)7-9-22(21)23(26)15-18(25(26)28)13-17-5-3-4-6-24(17)27/h3-6,8,10,13-14,21-23H,7,9,11-12,15H2,1-2H3/b18-13+. The van der Waals surface area contributed by atoms with Gasteiger partial charge in [-0.1, -0.05) is 31.2 Å². The number of halogens is 1. The Hall–Kier alpha value is -2.42. The van der Waals surface area contributed by atoms with Gasteiger partial charge in [-0.2, -0.15) is 0 Å². The first-order valence-corrected chi connectivity index (χ1v) is 10.7. The number of carbonyl (C=O) groups excluding carboxylic acids is 1. The van der Waals surface area contributed by atoms with Gasteiger partial charge in [0, 0.05) is 11.0 Å². The minimum Gasteiger partial charge on any atom is -0.497 e. The Labute approximate surface area is 171 Å². The second-order valence-corrected chi connectivity index (χ2v) is 9.16. The molecule has 0 amide bonds. The number of Topliss-reactive ketones (excluding diaryl/α,β-unsaturated/α-hetero) is 1. The third-order valence-electron chi connectivity index (χ3n) is 7.81. The molecule has 0 saturated heterocycles. The molecule has 2 aromatic rings. The SMILES string of the molecule is COc1ccc2c(c1)CCC1C2CCC2(C)C(=O)/C(=C/c3ccccc3F)CC12. The highest BCUT2D eigenvalue weighted by Gasteiger charge is 2.56. The van der Waals surface area contributed by atoms with Crippen LogP contribution in [-0.2, 0) is 11.2 Å². The number of benzene rings is 2. The van der Waals surface area contributed by atoms with E-state index in [0.717, 1.165) is 43.4 Å². The molecule has 29 heavy (non-hydrogen) atoms. The zero-order valence-corrected chi connectivity index (χ0v) is 17.1. The summed E-state index contributed by atoms with van der Waals surface area (Å²) < 4.78 is 19.6. The maximum Gasteiger partial charge on any atom is 0.165 e. The predicted molar refractivity (Wildman–Crippen MR) is 112 cm³/mol. The molecule has 0 radical (unpaired) electrons. The second kappa shape index (κ2) is 6.83. The molecule has 3 aliphatic carbocycles. The zero-order chi connectivity index (χ0) is 20.2. The molecule has 3 aliphatic rings. The van der Waals surface area contributed by atoms with E-state index in [-0.39, 0.29) is 17.0 Å². The van der Waals surface area contributed by atoms with E-state index >= 15 is 0 Å². The van der Waals surface area contributed by atoms with Gasteiger partial charge in [0.2, 0.25) is 0 Å². The predicted octanol–water partition coefficient (Wildman–Crippen LogP) is 5.95. The molecule has 2 fully saturated rings. The molecule has 3 heteroatoms. The summed E-state index contributed by atoms with van der Waals surface area (Å²) in [6, 6.07) is 13.2. The van der Waals surface area contributed by atoms with Crippen molar-refractivity contribution in [3.05, 3.63) is 70.5 Å². The normalized spacial score (nSPS) is 31.9. The number of fused-ring (bicyclic) bond motifs is 5. The first kappa shape index (κ1) is 18.6. The van der Waals surface area contributed by atoms with Gasteiger partial charge in [-0.25, -0.2) is 4.39 Å². The molecule has 0 aliphatic heterocycles. The minimum atomic E-state index is -0.303. The van der Waals surface area contributed by atoms with Crippen LogP contribution in [0.2, 0.25) is 0 Å². The van der Waals surface area contributed by atoms with Crippen molar-refractivity contribution in [1.29, 1.82) is 0 Å². The minimum absolute atomic E-state index is 0.240. The van der Waals surface area contributed by atoms with Crippen LogP contribution in [0.25, 0.3) is 6.08 Å². The summed E-state index contributed by atoms with van der Waals surface area (Å²) in [5.74, 6) is 2.29. The number of rotatable bonds is 2. The van der Waals surface area contributed by atoms with E-state index in [0.29, 0.717) is 23.3 Å². The van der Waals surface area contributed by atoms with Crippen molar-refractivity contribution in [2.75, 3.05) is 7.11 Å². The highest BCUT2D eigenvalue weighted by molar-refractivity contribution is 6.06. The Morgan fingerprint density at radius 2 is 2.00 bits per heavy atom. The number of allylic oxidation sites excluding steroid dienone is 1. The molecule has 4 unspecified atom stereocenters. The van der Waals surface area contributed by atoms with Gasteiger partial charge in [-0.3, -0.25) is 4.79 Å². The molecular formula is C26H27FO2. The lowest BCUT2D eigenvalue weighted by Crippen LogP contribution is -2.42. The summed E-state index contributed by atoms with van der Waals surface area (Å²) in [4.78, 5) is 13.4. The molecule has 2 aromatic carbocycles. The number of ketones is 1. The van der Waals surface area contributed by atoms with Gasteiger partial charge in [0.25, 0.3) is 0 Å². The number of ether oxygens (including phenoxy) is 1. The van der Waals surface area contributed by atoms with Crippen molar-refractivity contribution in [2.24, 2.45) is 17.3 Å². The first-order valence-electron chi connectivity index (χ1n) is 10.7. The van der Waals surface area contributed by atoms with Gasteiger partial charge in [-0.05, 0) is 90.8 Å². The molecule has 0 aromatic heterocycles. The zero-order valence-electron chi connectivity index (χ0n) is 17.1. The Morgan fingerprint density at radius 3 is 2.79 bits per heavy atom. The number of carbonyl (C=O) groups is 1. The lowest BCUT2D eigenvalue weighted by molar-refractivity contribution is -0.127. The maximum atomic E-state index is 14.2. The van der Waals surface area contributed by atoms with Crippen LogP contribution in [-0.4, -0.2) is 12.9 Å². The third-order valence-corrected chi connectivity index (χ3v) is 7.81. The molecule has 0 heterocycles. The first-order chi connectivity index (χ1) is 14.0. The van der Waals surface area contributed by atoms with E-state index in [2.05, 4.69) is 25.1 Å². The van der Waals surface area contributed by atoms with Crippen LogP contribution in [0.15, 0.2) is 48.0 Å². The Kier molecular flexibility index (Phi) is 4.38. The van der Waals surface area contributed by atoms with E-state index in [9.17, 15) is 9.18 Å². The summed E-state index contributed by atoms with van der Waals surface area (Å²) in [6.07, 6.45) is 6.70. The van der Waals surface area contributed by atoms with Crippen molar-refractivity contribution in [2.45, 2.75) is 44.9 Å². The molecule has 150 valence electrons. The van der Waals surface area contributed by atoms with Gasteiger partial charge in [0.05, 0.1) is 7.11 Å². The van der Waals surface area contributed by atoms with Crippen molar-refractivity contribution in [1.82, 2.24) is 0 Å². The van der Waals surface area contributed by atoms with Crippen LogP contribution in [0.4, 0.5) is 4.39 Å². The third kappa shape index (κ3) is 2.86. The Morgan fingerprint density at radius 1 is 1.17 bits per heavy atom. The van der Waals surface area contributed by atoms with E-state index in [1.807, 2.05) is 6.07 Å². The highest BCUT2D eigenvalue weighted by atomic mass is 19.1. The quantitative estimate of drug-likeness (QED) is 0.592. The summed E-state index contributed by atoms with van der Waals surface area (Å²) >= 11 is 0. The lowest BCUT2D eigenvalue weighted by Gasteiger charge is -2.48. The Bertz CT molecular complexity index is 1010. The molecule has 4 atom stereocenters. The summed E-state index contributed by atoms with van der Waals surface area (Å²) in [7, 11) is 1.72. The van der Waals surface area contributed by atoms with E-state index < -0.39 is 0 Å². The van der Waals surface area contributed by atoms with Crippen LogP contribution < -0.4 is 4.74 Å². The smallest absolute Gasteiger partial charge is 0.165 e. The Balaban J connectivity index is 1.49. The maximum absolute atomic E-state index is 14.2. The van der Waals surface area contributed by atoms with Crippen molar-refractivity contribution >= 4 is 11.9 Å². The fourth-order valence-corrected chi connectivity index (χ4v) is 6.27. The van der Waals surface area contributed by atoms with Crippen molar-refractivity contribution < 1.29 is 13.9 Å². The van der Waals surface area contributed by atoms with Gasteiger partial charge in [-0.15, -0.1) is 0 Å². The number of methoxy groups -OCH3 is 1. The van der Waals surface area contributed by atoms with Crippen LogP contribution in [0, 0.1) is 23.1 Å². The van der Waals surface area contributed by atoms with E-state index in [1.54, 1.807) is 25.3 Å². The molecule has 0 bridgehead atoms. The lowest BCUT2D eigenvalue weighted by atomic mass is 9.55. The summed E-state index contributed by atoms with van der Waals surface area (Å²) in [5, 5.41) is 0. The van der Waals surface area contributed by atoms with E-state index in [4.69, 9.17) is 4.74 Å². The van der Waals surface area contributed by atoms with Crippen LogP contribution >= 0.6 is 0 Å². The number of hydrogen-bond acceptors (Lipinski definition) is 2. The monoisotopic (exact) mass is 390 g/mol. The molecule has 2 nitrogen and oxygen atoms in total. The van der Waals surface area contributed by atoms with Gasteiger partial charge >= 0.3 is 0 Å². The van der Waals surface area contributed by atoms with E-state index in [1.165, 1.54) is 17.2 Å². The molecule has 2 saturated carbocycles. The van der Waals surface area contributed by atoms with Gasteiger partial charge in [0.1, 0.15) is 11.6 Å². The van der Waals surface area contributed by atoms with Crippen LogP contribution in [0.3, 0.4) is 0 Å². The number of hydrogen-bond donors (Lipinski definition) is 0. The average Bonchev–Trinajstić information content (AvgIpc) is 2.99. The van der Waals surface area contributed by atoms with Crippen molar-refractivity contribution in [3.8, 4) is 5.75 Å². The van der Waals surface area contributed by atoms with Crippen molar-refractivity contribution in [3.63, 3.8) is 0 Å². The molecule has 0 N–H and O–H groups in total. The molecular weight excluding hydrogens is 363 g/mol. The highest BCUT2D eigenvalue weighted by Crippen LogP contribution is 2.60. The van der Waals surface area contributed by atoms with Crippen LogP contribution in [0.1, 0.15) is 55.2 Å². The van der Waals surface area contributed by atoms with Crippen LogP contribution in [0.5, 0.6) is 5.75 Å². The second-order valence-electron chi connectivity index (χ2n) is 9.16. The number of aryl methyl sites for hydroxylation is 1. The fraction of sp³-hybridized carbons (Fsp3) is 0.423. The topological polar surface area (TPSA) is 26.3 Å². The largest absolute Gasteiger partial charge is 0.497 e. The molecule has 0 spiro atoms. The average molecular weight is 390 g/mol. The fourth-order valence-electron chi connectivity index (χ4n) is 6.27. The van der Waals surface area contributed by atoms with Gasteiger partial charge in [0.15, 0.2) is 5.78 Å². The molecule has 5 rings (SSSR count).